The number of rotatable bonds is 17. The molecular weight excluding hydrogens is 468 g/mol. The quantitative estimate of drug-likeness (QED) is 0.150. The van der Waals surface area contributed by atoms with Crippen LogP contribution in [0, 0.1) is 0 Å². The van der Waals surface area contributed by atoms with Gasteiger partial charge in [-0.05, 0) is 59.8 Å². The highest BCUT2D eigenvalue weighted by Gasteiger charge is 2.25. The largest absolute Gasteiger partial charge is 0.480 e. The van der Waals surface area contributed by atoms with Crippen molar-refractivity contribution in [3.8, 4) is 0 Å². The van der Waals surface area contributed by atoms with E-state index in [9.17, 15) is 24.3 Å². The molecule has 198 valence electrons. The maximum atomic E-state index is 12.5. The van der Waals surface area contributed by atoms with E-state index in [4.69, 9.17) is 5.73 Å². The van der Waals surface area contributed by atoms with Crippen molar-refractivity contribution in [1.29, 1.82) is 0 Å². The molecule has 0 aliphatic heterocycles. The highest BCUT2D eigenvalue weighted by molar-refractivity contribution is 7.99. The molecule has 9 nitrogen and oxygen atoms in total. The highest BCUT2D eigenvalue weighted by Crippen LogP contribution is 2.13. The Labute approximate surface area is 213 Å². The van der Waals surface area contributed by atoms with Gasteiger partial charge >= 0.3 is 12.0 Å². The summed E-state index contributed by atoms with van der Waals surface area (Å²) in [5.74, 6) is -1.41. The Hall–Kier alpha value is -2.75. The number of aliphatic carboxylic acids is 1. The van der Waals surface area contributed by atoms with Gasteiger partial charge in [-0.3, -0.25) is 9.59 Å². The lowest BCUT2D eigenvalue weighted by molar-refractivity contribution is -0.141. The number of primary amides is 1. The molecule has 0 saturated carbocycles. The molecule has 2 atom stereocenters. The van der Waals surface area contributed by atoms with E-state index in [1.165, 1.54) is 35.4 Å². The van der Waals surface area contributed by atoms with Gasteiger partial charge in [0.05, 0.1) is 0 Å². The minimum Gasteiger partial charge on any atom is -0.480 e. The minimum absolute atomic E-state index is 0.0639. The molecular formula is C25H42N4O5S. The van der Waals surface area contributed by atoms with Gasteiger partial charge < -0.3 is 26.8 Å². The number of carboxylic acids is 1. The Kier molecular flexibility index (Phi) is 17.1. The number of urea groups is 1. The standard InChI is InChI=1S/C25H42N4O5S/c1-17(2)8-6-9-18(3)10-7-11-19(4)13-15-35-16-22(24(32)33)29-23(31)21(28-20(5)30)12-14-27-25(26)34/h8,10,13,21-22H,6-7,9,11-12,14-16H2,1-5H3,(H,28,30)(H,29,31)(H,32,33)(H3,26,27,34)/t21-,22+/m1/s1. The van der Waals surface area contributed by atoms with Crippen LogP contribution in [0.1, 0.15) is 66.7 Å². The molecule has 0 fully saturated rings. The van der Waals surface area contributed by atoms with E-state index in [1.54, 1.807) is 0 Å². The summed E-state index contributed by atoms with van der Waals surface area (Å²) in [4.78, 5) is 46.3. The van der Waals surface area contributed by atoms with E-state index in [1.807, 2.05) is 0 Å². The number of carbonyl (C=O) groups excluding carboxylic acids is 3. The predicted molar refractivity (Wildman–Crippen MR) is 142 cm³/mol. The summed E-state index contributed by atoms with van der Waals surface area (Å²) in [5, 5.41) is 16.8. The number of nitrogens with two attached hydrogens (primary N) is 1. The molecule has 35 heavy (non-hydrogen) atoms. The SMILES string of the molecule is CC(=O)N[C@H](CCNC(N)=O)C(=O)N[C@@H](CSCC=C(C)CCC=C(C)CCC=C(C)C)C(=O)O. The van der Waals surface area contributed by atoms with Gasteiger partial charge in [0, 0.05) is 25.0 Å². The third-order valence-electron chi connectivity index (χ3n) is 5.00. The van der Waals surface area contributed by atoms with E-state index in [2.05, 4.69) is 61.9 Å². The predicted octanol–water partition coefficient (Wildman–Crippen LogP) is 3.27. The Balaban J connectivity index is 4.60. The molecule has 6 N–H and O–H groups in total. The van der Waals surface area contributed by atoms with Crippen LogP contribution in [-0.4, -0.2) is 59.1 Å². The van der Waals surface area contributed by atoms with Gasteiger partial charge in [-0.15, -0.1) is 0 Å². The fourth-order valence-electron chi connectivity index (χ4n) is 3.03. The van der Waals surface area contributed by atoms with Crippen LogP contribution in [0.4, 0.5) is 4.79 Å². The van der Waals surface area contributed by atoms with Crippen molar-refractivity contribution < 1.29 is 24.3 Å². The first-order chi connectivity index (χ1) is 16.4. The molecule has 10 heteroatoms. The number of carbonyl (C=O) groups is 4. The second-order valence-corrected chi connectivity index (χ2v) is 9.80. The van der Waals surface area contributed by atoms with Gasteiger partial charge in [0.2, 0.25) is 11.8 Å². The zero-order chi connectivity index (χ0) is 26.8. The summed E-state index contributed by atoms with van der Waals surface area (Å²) in [5.41, 5.74) is 8.95. The van der Waals surface area contributed by atoms with Crippen LogP contribution in [0.15, 0.2) is 34.9 Å². The lowest BCUT2D eigenvalue weighted by atomic mass is 10.1. The Morgan fingerprint density at radius 1 is 0.886 bits per heavy atom. The zero-order valence-corrected chi connectivity index (χ0v) is 22.4. The molecule has 0 aliphatic rings. The molecule has 4 amide bonds. The van der Waals surface area contributed by atoms with Gasteiger partial charge in [-0.1, -0.05) is 34.9 Å². The second kappa shape index (κ2) is 18.6. The lowest BCUT2D eigenvalue weighted by Gasteiger charge is -2.21. The average Bonchev–Trinajstić information content (AvgIpc) is 2.74. The van der Waals surface area contributed by atoms with Crippen LogP contribution in [0.25, 0.3) is 0 Å². The maximum Gasteiger partial charge on any atom is 0.327 e. The van der Waals surface area contributed by atoms with E-state index in [-0.39, 0.29) is 18.7 Å². The third-order valence-corrected chi connectivity index (χ3v) is 5.97. The van der Waals surface area contributed by atoms with Crippen molar-refractivity contribution >= 4 is 35.6 Å². The normalized spacial score (nSPS) is 13.4. The van der Waals surface area contributed by atoms with Gasteiger partial charge in [-0.2, -0.15) is 11.8 Å². The summed E-state index contributed by atoms with van der Waals surface area (Å²) in [7, 11) is 0. The maximum absolute atomic E-state index is 12.5. The summed E-state index contributed by atoms with van der Waals surface area (Å²) in [6.45, 7) is 9.73. The number of nitrogens with one attached hydrogen (secondary N) is 3. The van der Waals surface area contributed by atoms with Crippen LogP contribution < -0.4 is 21.7 Å². The van der Waals surface area contributed by atoms with Gasteiger partial charge in [-0.25, -0.2) is 9.59 Å². The fraction of sp³-hybridized carbons (Fsp3) is 0.600. The van der Waals surface area contributed by atoms with E-state index in [0.29, 0.717) is 5.75 Å². The van der Waals surface area contributed by atoms with Gasteiger partial charge in [0.25, 0.3) is 0 Å². The topological polar surface area (TPSA) is 151 Å². The number of hydrogen-bond donors (Lipinski definition) is 5. The van der Waals surface area contributed by atoms with Crippen molar-refractivity contribution in [3.05, 3.63) is 34.9 Å². The van der Waals surface area contributed by atoms with Crippen LogP contribution in [0.3, 0.4) is 0 Å². The highest BCUT2D eigenvalue weighted by atomic mass is 32.2. The number of thioether (sulfide) groups is 1. The first-order valence-corrected chi connectivity index (χ1v) is 12.9. The van der Waals surface area contributed by atoms with Crippen LogP contribution in [-0.2, 0) is 14.4 Å². The number of carboxylic acid groups (broad SMARTS) is 1. The first-order valence-electron chi connectivity index (χ1n) is 11.8. The summed E-state index contributed by atoms with van der Waals surface area (Å²) < 4.78 is 0. The molecule has 0 aromatic heterocycles. The van der Waals surface area contributed by atoms with Gasteiger partial charge in [0.15, 0.2) is 0 Å². The number of hydrogen-bond acceptors (Lipinski definition) is 5. The van der Waals surface area contributed by atoms with Crippen molar-refractivity contribution in [2.24, 2.45) is 5.73 Å². The molecule has 0 aromatic rings. The lowest BCUT2D eigenvalue weighted by Crippen LogP contribution is -2.53. The molecule has 0 heterocycles. The van der Waals surface area contributed by atoms with Crippen LogP contribution >= 0.6 is 11.8 Å². The van der Waals surface area contributed by atoms with E-state index in [0.717, 1.165) is 25.7 Å². The molecule has 0 aromatic carbocycles. The third kappa shape index (κ3) is 18.3. The Bertz CT molecular complexity index is 804. The first kappa shape index (κ1) is 32.2. The monoisotopic (exact) mass is 510 g/mol. The molecule has 0 radical (unpaired) electrons. The van der Waals surface area contributed by atoms with E-state index >= 15 is 0 Å². The van der Waals surface area contributed by atoms with Crippen LogP contribution in [0.5, 0.6) is 0 Å². The number of allylic oxidation sites excluding steroid dienone is 5. The van der Waals surface area contributed by atoms with Crippen molar-refractivity contribution in [3.63, 3.8) is 0 Å². The summed E-state index contributed by atoms with van der Waals surface area (Å²) >= 11 is 1.41. The Morgan fingerprint density at radius 3 is 2.03 bits per heavy atom. The number of amides is 4. The molecule has 0 spiro atoms. The Morgan fingerprint density at radius 2 is 1.49 bits per heavy atom. The average molecular weight is 511 g/mol. The van der Waals surface area contributed by atoms with Crippen LogP contribution in [0.2, 0.25) is 0 Å². The molecule has 0 aliphatic carbocycles. The van der Waals surface area contributed by atoms with Crippen molar-refractivity contribution in [2.75, 3.05) is 18.1 Å². The van der Waals surface area contributed by atoms with Crippen molar-refractivity contribution in [1.82, 2.24) is 16.0 Å². The molecule has 0 rings (SSSR count). The fourth-order valence-corrected chi connectivity index (χ4v) is 4.03. The molecule has 0 bridgehead atoms. The molecule has 0 unspecified atom stereocenters. The zero-order valence-electron chi connectivity index (χ0n) is 21.6. The molecule has 0 saturated heterocycles. The van der Waals surface area contributed by atoms with Crippen molar-refractivity contribution in [2.45, 2.75) is 78.8 Å². The minimum atomic E-state index is -1.16. The smallest absolute Gasteiger partial charge is 0.327 e. The summed E-state index contributed by atoms with van der Waals surface area (Å²) in [6, 6.07) is -2.83. The summed E-state index contributed by atoms with van der Waals surface area (Å²) in [6.07, 6.45) is 10.7. The van der Waals surface area contributed by atoms with E-state index < -0.39 is 35.9 Å². The second-order valence-electron chi connectivity index (χ2n) is 8.73. The van der Waals surface area contributed by atoms with Gasteiger partial charge in [0.1, 0.15) is 12.1 Å².